The van der Waals surface area contributed by atoms with E-state index in [1.54, 1.807) is 0 Å². The maximum atomic E-state index is 10.2. The second kappa shape index (κ2) is 2.53. The fourth-order valence-corrected chi connectivity index (χ4v) is 0.854. The van der Waals surface area contributed by atoms with Gasteiger partial charge in [-0.15, -0.1) is 0 Å². The molecule has 58 valence electrons. The summed E-state index contributed by atoms with van der Waals surface area (Å²) >= 11 is 0. The van der Waals surface area contributed by atoms with Gasteiger partial charge in [-0.05, 0) is 0 Å². The molecule has 0 spiro atoms. The molecule has 0 amide bonds. The molecule has 1 rings (SSSR count). The number of aliphatic carboxylic acids is 1. The van der Waals surface area contributed by atoms with Crippen LogP contribution in [0.15, 0.2) is 0 Å². The zero-order valence-corrected chi connectivity index (χ0v) is 5.23. The maximum Gasteiger partial charge on any atom is 0.335 e. The second-order valence-corrected chi connectivity index (χ2v) is 2.25. The van der Waals surface area contributed by atoms with Gasteiger partial charge >= 0.3 is 5.97 Å². The van der Waals surface area contributed by atoms with Crippen LogP contribution in [0, 0.1) is 0 Å². The van der Waals surface area contributed by atoms with Gasteiger partial charge in [0.25, 0.3) is 0 Å². The van der Waals surface area contributed by atoms with E-state index in [1.807, 2.05) is 0 Å². The first-order valence-corrected chi connectivity index (χ1v) is 2.91. The van der Waals surface area contributed by atoms with Crippen LogP contribution in [0.3, 0.4) is 0 Å². The van der Waals surface area contributed by atoms with Gasteiger partial charge in [0.15, 0.2) is 6.10 Å². The Kier molecular flexibility index (Phi) is 1.89. The third-order valence-electron chi connectivity index (χ3n) is 1.46. The molecule has 0 aromatic rings. The Labute approximate surface area is 57.4 Å². The number of carbonyl (C=O) groups is 1. The SMILES string of the molecule is N[C@H]1CO[C@H](C(=O)O)C1O. The maximum absolute atomic E-state index is 10.2. The standard InChI is InChI=1S/C5H9NO4/c6-2-1-10-4(3(2)7)5(8)9/h2-4,7H,1,6H2,(H,8,9)/t2-,3?,4-/m0/s1. The van der Waals surface area contributed by atoms with Crippen LogP contribution in [-0.4, -0.2) is 41.0 Å². The van der Waals surface area contributed by atoms with Crippen molar-refractivity contribution in [3.63, 3.8) is 0 Å². The Morgan fingerprint density at radius 3 is 2.50 bits per heavy atom. The zero-order valence-electron chi connectivity index (χ0n) is 5.23. The van der Waals surface area contributed by atoms with Crippen molar-refractivity contribution in [2.75, 3.05) is 6.61 Å². The molecule has 1 aliphatic rings. The molecular formula is C5H9NO4. The van der Waals surface area contributed by atoms with Gasteiger partial charge in [-0.3, -0.25) is 0 Å². The minimum Gasteiger partial charge on any atom is -0.479 e. The zero-order chi connectivity index (χ0) is 7.72. The molecule has 3 atom stereocenters. The van der Waals surface area contributed by atoms with Crippen molar-refractivity contribution >= 4 is 5.97 Å². The smallest absolute Gasteiger partial charge is 0.335 e. The number of nitrogens with two attached hydrogens (primary N) is 1. The van der Waals surface area contributed by atoms with E-state index in [0.29, 0.717) is 0 Å². The number of aliphatic hydroxyl groups excluding tert-OH is 1. The van der Waals surface area contributed by atoms with Crippen LogP contribution in [0.1, 0.15) is 0 Å². The Balaban J connectivity index is 2.57. The minimum atomic E-state index is -1.17. The Morgan fingerprint density at radius 2 is 2.30 bits per heavy atom. The normalized spacial score (nSPS) is 40.0. The molecule has 0 aliphatic carbocycles. The lowest BCUT2D eigenvalue weighted by atomic mass is 10.1. The summed E-state index contributed by atoms with van der Waals surface area (Å²) in [6.07, 6.45) is -2.22. The van der Waals surface area contributed by atoms with Crippen LogP contribution in [0.5, 0.6) is 0 Å². The van der Waals surface area contributed by atoms with Crippen LogP contribution < -0.4 is 5.73 Å². The highest BCUT2D eigenvalue weighted by molar-refractivity contribution is 5.73. The summed E-state index contributed by atoms with van der Waals surface area (Å²) in [4.78, 5) is 10.2. The average molecular weight is 147 g/mol. The van der Waals surface area contributed by atoms with E-state index in [4.69, 9.17) is 15.9 Å². The van der Waals surface area contributed by atoms with E-state index in [2.05, 4.69) is 4.74 Å². The molecule has 10 heavy (non-hydrogen) atoms. The van der Waals surface area contributed by atoms with Gasteiger partial charge < -0.3 is 20.7 Å². The predicted molar refractivity (Wildman–Crippen MR) is 31.4 cm³/mol. The predicted octanol–water partition coefficient (Wildman–Crippen LogP) is -1.84. The van der Waals surface area contributed by atoms with E-state index in [9.17, 15) is 4.79 Å². The van der Waals surface area contributed by atoms with E-state index in [-0.39, 0.29) is 6.61 Å². The van der Waals surface area contributed by atoms with Crippen LogP contribution in [0.4, 0.5) is 0 Å². The fourth-order valence-electron chi connectivity index (χ4n) is 0.854. The molecule has 1 saturated heterocycles. The molecule has 0 saturated carbocycles. The number of hydrogen-bond acceptors (Lipinski definition) is 4. The number of hydrogen-bond donors (Lipinski definition) is 3. The number of carboxylic acid groups (broad SMARTS) is 1. The lowest BCUT2D eigenvalue weighted by Gasteiger charge is -2.09. The lowest BCUT2D eigenvalue weighted by Crippen LogP contribution is -2.39. The summed E-state index contributed by atoms with van der Waals surface area (Å²) in [5, 5.41) is 17.4. The summed E-state index contributed by atoms with van der Waals surface area (Å²) in [6, 6.07) is -0.568. The van der Waals surface area contributed by atoms with E-state index in [0.717, 1.165) is 0 Å². The molecule has 1 heterocycles. The highest BCUT2D eigenvalue weighted by Gasteiger charge is 2.38. The van der Waals surface area contributed by atoms with Gasteiger partial charge in [0.05, 0.1) is 12.6 Å². The summed E-state index contributed by atoms with van der Waals surface area (Å²) in [5.41, 5.74) is 5.27. The van der Waals surface area contributed by atoms with Crippen LogP contribution in [0.2, 0.25) is 0 Å². The van der Waals surface area contributed by atoms with Crippen molar-refractivity contribution in [1.82, 2.24) is 0 Å². The van der Waals surface area contributed by atoms with Crippen LogP contribution >= 0.6 is 0 Å². The monoisotopic (exact) mass is 147 g/mol. The van der Waals surface area contributed by atoms with Gasteiger partial charge in [0.1, 0.15) is 6.10 Å². The highest BCUT2D eigenvalue weighted by atomic mass is 16.5. The van der Waals surface area contributed by atoms with Crippen molar-refractivity contribution in [3.05, 3.63) is 0 Å². The molecule has 0 aromatic heterocycles. The third kappa shape index (κ3) is 1.11. The van der Waals surface area contributed by atoms with Gasteiger partial charge in [-0.25, -0.2) is 4.79 Å². The minimum absolute atomic E-state index is 0.109. The molecule has 0 bridgehead atoms. The summed E-state index contributed by atoms with van der Waals surface area (Å²) < 4.78 is 4.66. The van der Waals surface area contributed by atoms with Crippen molar-refractivity contribution in [2.45, 2.75) is 18.2 Å². The lowest BCUT2D eigenvalue weighted by molar-refractivity contribution is -0.151. The van der Waals surface area contributed by atoms with E-state index < -0.39 is 24.2 Å². The summed E-state index contributed by atoms with van der Waals surface area (Å²) in [5.74, 6) is -1.17. The first kappa shape index (κ1) is 7.46. The quantitative estimate of drug-likeness (QED) is 0.405. The second-order valence-electron chi connectivity index (χ2n) is 2.25. The number of carboxylic acids is 1. The van der Waals surface area contributed by atoms with Gasteiger partial charge in [-0.2, -0.15) is 0 Å². The van der Waals surface area contributed by atoms with Crippen molar-refractivity contribution in [1.29, 1.82) is 0 Å². The molecular weight excluding hydrogens is 138 g/mol. The van der Waals surface area contributed by atoms with Gasteiger partial charge in [-0.1, -0.05) is 0 Å². The van der Waals surface area contributed by atoms with Crippen LogP contribution in [0.25, 0.3) is 0 Å². The molecule has 1 aliphatic heterocycles. The number of ether oxygens (including phenoxy) is 1. The van der Waals surface area contributed by atoms with Crippen molar-refractivity contribution in [3.8, 4) is 0 Å². The van der Waals surface area contributed by atoms with Gasteiger partial charge in [0, 0.05) is 0 Å². The topological polar surface area (TPSA) is 92.8 Å². The largest absolute Gasteiger partial charge is 0.479 e. The first-order chi connectivity index (χ1) is 4.63. The van der Waals surface area contributed by atoms with Crippen molar-refractivity contribution < 1.29 is 19.7 Å². The summed E-state index contributed by atoms with van der Waals surface area (Å²) in [7, 11) is 0. The van der Waals surface area contributed by atoms with E-state index >= 15 is 0 Å². The Bertz CT molecular complexity index is 149. The molecule has 0 aromatic carbocycles. The molecule has 0 radical (unpaired) electrons. The Hall–Kier alpha value is -0.650. The first-order valence-electron chi connectivity index (χ1n) is 2.91. The highest BCUT2D eigenvalue weighted by Crippen LogP contribution is 2.11. The number of rotatable bonds is 1. The number of aliphatic hydroxyl groups is 1. The van der Waals surface area contributed by atoms with Crippen LogP contribution in [-0.2, 0) is 9.53 Å². The van der Waals surface area contributed by atoms with Crippen molar-refractivity contribution in [2.24, 2.45) is 5.73 Å². The molecule has 1 fully saturated rings. The fraction of sp³-hybridized carbons (Fsp3) is 0.800. The summed E-state index contributed by atoms with van der Waals surface area (Å²) in [6.45, 7) is 0.109. The van der Waals surface area contributed by atoms with E-state index in [1.165, 1.54) is 0 Å². The molecule has 1 unspecified atom stereocenters. The molecule has 4 N–H and O–H groups in total. The van der Waals surface area contributed by atoms with Gasteiger partial charge in [0.2, 0.25) is 0 Å². The Morgan fingerprint density at radius 1 is 1.70 bits per heavy atom. The third-order valence-corrected chi connectivity index (χ3v) is 1.46. The molecule has 5 heteroatoms. The molecule has 5 nitrogen and oxygen atoms in total. The average Bonchev–Trinajstić information content (AvgIpc) is 2.14.